The van der Waals surface area contributed by atoms with Crippen molar-refractivity contribution >= 4 is 5.96 Å². The summed E-state index contributed by atoms with van der Waals surface area (Å²) in [5.74, 6) is 0.362. The van der Waals surface area contributed by atoms with Gasteiger partial charge >= 0.3 is 6.18 Å². The van der Waals surface area contributed by atoms with Crippen LogP contribution in [0.1, 0.15) is 37.4 Å². The fourth-order valence-corrected chi connectivity index (χ4v) is 3.57. The fourth-order valence-electron chi connectivity index (χ4n) is 3.57. The molecule has 3 N–H and O–H groups in total. The standard InChI is InChI=1S/C21H34F3N5O/c1-3-29(4-2)19(17-6-8-18(9-7-17)21(22,23)24)16-27-20(25)26-10-5-11-28-12-14-30-15-13-28/h6-9,19H,3-5,10-16H2,1-2H3,(H3,25,26,27). The molecule has 6 nitrogen and oxygen atoms in total. The Balaban J connectivity index is 1.91. The number of guanidine groups is 1. The summed E-state index contributed by atoms with van der Waals surface area (Å²) < 4.78 is 43.9. The first-order valence-electron chi connectivity index (χ1n) is 10.6. The van der Waals surface area contributed by atoms with Gasteiger partial charge in [0.05, 0.1) is 31.4 Å². The average molecular weight is 430 g/mol. The van der Waals surface area contributed by atoms with Gasteiger partial charge in [-0.25, -0.2) is 0 Å². The molecule has 0 spiro atoms. The molecule has 1 aliphatic rings. The van der Waals surface area contributed by atoms with Gasteiger partial charge in [-0.1, -0.05) is 26.0 Å². The second-order valence-corrected chi connectivity index (χ2v) is 7.32. The molecule has 0 saturated carbocycles. The molecule has 1 aromatic rings. The van der Waals surface area contributed by atoms with Crippen LogP contribution in [0.3, 0.4) is 0 Å². The smallest absolute Gasteiger partial charge is 0.379 e. The van der Waals surface area contributed by atoms with Crippen LogP contribution in [-0.2, 0) is 10.9 Å². The lowest BCUT2D eigenvalue weighted by molar-refractivity contribution is -0.137. The molecule has 0 aromatic heterocycles. The summed E-state index contributed by atoms with van der Waals surface area (Å²) in [6, 6.07) is 5.20. The number of nitrogens with two attached hydrogens (primary N) is 1. The third-order valence-electron chi connectivity index (χ3n) is 5.37. The molecule has 1 aromatic carbocycles. The largest absolute Gasteiger partial charge is 0.416 e. The highest BCUT2D eigenvalue weighted by Gasteiger charge is 2.30. The predicted octanol–water partition coefficient (Wildman–Crippen LogP) is 2.71. The minimum atomic E-state index is -4.34. The highest BCUT2D eigenvalue weighted by Crippen LogP contribution is 2.31. The molecule has 1 fully saturated rings. The minimum Gasteiger partial charge on any atom is -0.379 e. The number of hydrogen-bond acceptors (Lipinski definition) is 4. The van der Waals surface area contributed by atoms with Crippen molar-refractivity contribution in [3.05, 3.63) is 35.4 Å². The first-order chi connectivity index (χ1) is 14.3. The molecule has 9 heteroatoms. The lowest BCUT2D eigenvalue weighted by Gasteiger charge is -2.29. The van der Waals surface area contributed by atoms with Gasteiger partial charge in [-0.05, 0) is 43.8 Å². The Morgan fingerprint density at radius 2 is 1.83 bits per heavy atom. The van der Waals surface area contributed by atoms with Crippen molar-refractivity contribution in [1.29, 1.82) is 0 Å². The van der Waals surface area contributed by atoms with Gasteiger partial charge in [0.25, 0.3) is 0 Å². The van der Waals surface area contributed by atoms with Crippen LogP contribution in [0.15, 0.2) is 29.3 Å². The van der Waals surface area contributed by atoms with Gasteiger partial charge in [0.2, 0.25) is 0 Å². The van der Waals surface area contributed by atoms with Crippen LogP contribution in [0.25, 0.3) is 0 Å². The van der Waals surface area contributed by atoms with E-state index in [9.17, 15) is 13.2 Å². The van der Waals surface area contributed by atoms with E-state index in [0.717, 1.165) is 76.6 Å². The van der Waals surface area contributed by atoms with Crippen LogP contribution >= 0.6 is 0 Å². The molecule has 2 rings (SSSR count). The van der Waals surface area contributed by atoms with Crippen molar-refractivity contribution < 1.29 is 17.9 Å². The molecule has 1 saturated heterocycles. The van der Waals surface area contributed by atoms with E-state index >= 15 is 0 Å². The molecular formula is C21H34F3N5O. The van der Waals surface area contributed by atoms with Crippen molar-refractivity contribution in [2.24, 2.45) is 10.7 Å². The van der Waals surface area contributed by atoms with E-state index in [4.69, 9.17) is 10.5 Å². The predicted molar refractivity (Wildman–Crippen MR) is 113 cm³/mol. The zero-order valence-electron chi connectivity index (χ0n) is 17.9. The van der Waals surface area contributed by atoms with E-state index in [-0.39, 0.29) is 6.04 Å². The number of halogens is 3. The Labute approximate surface area is 177 Å². The van der Waals surface area contributed by atoms with E-state index < -0.39 is 11.7 Å². The number of alkyl halides is 3. The maximum absolute atomic E-state index is 12.9. The summed E-state index contributed by atoms with van der Waals surface area (Å²) in [5, 5.41) is 3.14. The summed E-state index contributed by atoms with van der Waals surface area (Å²) in [7, 11) is 0. The molecule has 0 aliphatic carbocycles. The number of benzene rings is 1. The molecular weight excluding hydrogens is 395 g/mol. The number of nitrogens with zero attached hydrogens (tertiary/aromatic N) is 3. The highest BCUT2D eigenvalue weighted by molar-refractivity contribution is 5.77. The Morgan fingerprint density at radius 3 is 2.40 bits per heavy atom. The van der Waals surface area contributed by atoms with Crippen molar-refractivity contribution in [3.63, 3.8) is 0 Å². The number of aliphatic imine (C=N–C) groups is 1. The number of ether oxygens (including phenoxy) is 1. The first kappa shape index (κ1) is 24.4. The number of morpholine rings is 1. The number of nitrogens with one attached hydrogen (secondary N) is 1. The van der Waals surface area contributed by atoms with Gasteiger partial charge in [-0.15, -0.1) is 0 Å². The molecule has 0 bridgehead atoms. The Bertz CT molecular complexity index is 641. The molecule has 1 unspecified atom stereocenters. The Hall–Kier alpha value is -1.84. The van der Waals surface area contributed by atoms with E-state index in [1.807, 2.05) is 13.8 Å². The molecule has 0 radical (unpaired) electrons. The third kappa shape index (κ3) is 7.77. The quantitative estimate of drug-likeness (QED) is 0.340. The summed E-state index contributed by atoms with van der Waals surface area (Å²) in [6.45, 7) is 11.2. The molecule has 0 amide bonds. The maximum atomic E-state index is 12.9. The van der Waals surface area contributed by atoms with Gasteiger partial charge in [-0.2, -0.15) is 13.2 Å². The normalized spacial score (nSPS) is 17.3. The Kier molecular flexibility index (Phi) is 9.87. The van der Waals surface area contributed by atoms with Crippen LogP contribution in [0.2, 0.25) is 0 Å². The highest BCUT2D eigenvalue weighted by atomic mass is 19.4. The van der Waals surface area contributed by atoms with Crippen molar-refractivity contribution in [1.82, 2.24) is 15.1 Å². The van der Waals surface area contributed by atoms with Gasteiger partial charge in [0.15, 0.2) is 5.96 Å². The lowest BCUT2D eigenvalue weighted by Crippen LogP contribution is -2.39. The topological polar surface area (TPSA) is 66.1 Å². The van der Waals surface area contributed by atoms with Crippen LogP contribution < -0.4 is 11.1 Å². The van der Waals surface area contributed by atoms with E-state index in [2.05, 4.69) is 20.1 Å². The van der Waals surface area contributed by atoms with Gasteiger partial charge < -0.3 is 15.8 Å². The summed E-state index contributed by atoms with van der Waals surface area (Å²) in [5.41, 5.74) is 6.18. The molecule has 30 heavy (non-hydrogen) atoms. The second kappa shape index (κ2) is 12.1. The molecule has 1 aliphatic heterocycles. The average Bonchev–Trinajstić information content (AvgIpc) is 2.74. The lowest BCUT2D eigenvalue weighted by atomic mass is 10.0. The Morgan fingerprint density at radius 1 is 1.20 bits per heavy atom. The number of rotatable bonds is 10. The van der Waals surface area contributed by atoms with Crippen molar-refractivity contribution in [2.75, 3.05) is 59.0 Å². The van der Waals surface area contributed by atoms with E-state index in [1.165, 1.54) is 12.1 Å². The van der Waals surface area contributed by atoms with Gasteiger partial charge in [-0.3, -0.25) is 14.8 Å². The van der Waals surface area contributed by atoms with Gasteiger partial charge in [0, 0.05) is 19.6 Å². The van der Waals surface area contributed by atoms with E-state index in [1.54, 1.807) is 0 Å². The van der Waals surface area contributed by atoms with Crippen molar-refractivity contribution in [3.8, 4) is 0 Å². The number of hydrogen-bond donors (Lipinski definition) is 2. The van der Waals surface area contributed by atoms with Gasteiger partial charge in [0.1, 0.15) is 0 Å². The zero-order chi connectivity index (χ0) is 22.0. The fraction of sp³-hybridized carbons (Fsp3) is 0.667. The van der Waals surface area contributed by atoms with Crippen LogP contribution in [0.5, 0.6) is 0 Å². The first-order valence-corrected chi connectivity index (χ1v) is 10.6. The van der Waals surface area contributed by atoms with Crippen LogP contribution in [0.4, 0.5) is 13.2 Å². The third-order valence-corrected chi connectivity index (χ3v) is 5.37. The maximum Gasteiger partial charge on any atom is 0.416 e. The minimum absolute atomic E-state index is 0.129. The summed E-state index contributed by atoms with van der Waals surface area (Å²) in [6.07, 6.45) is -3.38. The summed E-state index contributed by atoms with van der Waals surface area (Å²) in [4.78, 5) is 8.98. The van der Waals surface area contributed by atoms with E-state index in [0.29, 0.717) is 12.5 Å². The van der Waals surface area contributed by atoms with Crippen LogP contribution in [0, 0.1) is 0 Å². The molecule has 1 atom stereocenters. The zero-order valence-corrected chi connectivity index (χ0v) is 17.9. The molecule has 1 heterocycles. The SMILES string of the molecule is CCN(CC)C(CN=C(N)NCCCN1CCOCC1)c1ccc(C(F)(F)F)cc1. The summed E-state index contributed by atoms with van der Waals surface area (Å²) >= 11 is 0. The van der Waals surface area contributed by atoms with Crippen molar-refractivity contribution in [2.45, 2.75) is 32.5 Å². The monoisotopic (exact) mass is 429 g/mol. The molecule has 170 valence electrons. The second-order valence-electron chi connectivity index (χ2n) is 7.32. The number of likely N-dealkylation sites (N-methyl/N-ethyl adjacent to an activating group) is 1. The van der Waals surface area contributed by atoms with Crippen LogP contribution in [-0.4, -0.2) is 74.8 Å².